The average Bonchev–Trinajstić information content (AvgIpc) is 2.80. The van der Waals surface area contributed by atoms with E-state index in [1.807, 2.05) is 30.5 Å². The Morgan fingerprint density at radius 1 is 0.906 bits per heavy atom. The maximum Gasteiger partial charge on any atom is 0.327 e. The number of carbonyl (C=O) groups excluding carboxylic acids is 2. The Morgan fingerprint density at radius 2 is 1.53 bits per heavy atom. The van der Waals surface area contributed by atoms with Crippen LogP contribution in [0.1, 0.15) is 23.7 Å². The predicted octanol–water partition coefficient (Wildman–Crippen LogP) is 4.89. The van der Waals surface area contributed by atoms with Gasteiger partial charge in [-0.25, -0.2) is 4.79 Å². The Kier molecular flexibility index (Phi) is 12.4. The number of ketones is 2. The number of hydrogen-bond acceptors (Lipinski definition) is 5. The minimum atomic E-state index is -0.981. The van der Waals surface area contributed by atoms with E-state index in [-0.39, 0.29) is 67.4 Å². The van der Waals surface area contributed by atoms with Crippen molar-refractivity contribution >= 4 is 39.3 Å². The molecule has 0 bridgehead atoms. The van der Waals surface area contributed by atoms with Crippen LogP contribution in [0.4, 0.5) is 0 Å². The fourth-order valence-electron chi connectivity index (χ4n) is 2.65. The van der Waals surface area contributed by atoms with Crippen LogP contribution >= 0.6 is 0 Å². The number of pyridine rings is 2. The maximum absolute atomic E-state index is 11.2. The van der Waals surface area contributed by atoms with E-state index in [2.05, 4.69) is 34.7 Å². The quantitative estimate of drug-likeness (QED) is 0.164. The van der Waals surface area contributed by atoms with E-state index >= 15 is 0 Å². The summed E-state index contributed by atoms with van der Waals surface area (Å²) in [7, 11) is 0. The third-order valence-corrected chi connectivity index (χ3v) is 4.03. The van der Waals surface area contributed by atoms with Crippen molar-refractivity contribution in [2.24, 2.45) is 0 Å². The first-order chi connectivity index (χ1) is 14.9. The van der Waals surface area contributed by atoms with E-state index in [1.54, 1.807) is 30.5 Å². The number of carbonyl (C=O) groups is 3. The summed E-state index contributed by atoms with van der Waals surface area (Å²) < 4.78 is 0. The zero-order valence-corrected chi connectivity index (χ0v) is 19.9. The molecule has 0 fully saturated rings. The van der Waals surface area contributed by atoms with E-state index in [0.717, 1.165) is 27.9 Å². The zero-order chi connectivity index (χ0) is 22.6. The van der Waals surface area contributed by atoms with Gasteiger partial charge < -0.3 is 5.11 Å². The number of fused-ring (bicyclic) bond motifs is 3. The second-order valence-electron chi connectivity index (χ2n) is 6.42. The fraction of sp³-hybridized carbons (Fsp3) is 0.0800. The monoisotopic (exact) mass is 567 g/mol. The molecule has 2 aromatic heterocycles. The molecule has 1 radical (unpaired) electrons. The maximum atomic E-state index is 11.2. The van der Waals surface area contributed by atoms with Crippen LogP contribution in [0.2, 0.25) is 0 Å². The minimum Gasteiger partial charge on any atom is -0.478 e. The van der Waals surface area contributed by atoms with Gasteiger partial charge in [0.1, 0.15) is 5.78 Å². The Labute approximate surface area is 226 Å². The molecule has 2 heterocycles. The molecule has 2 aromatic carbocycles. The van der Waals surface area contributed by atoms with Crippen LogP contribution in [-0.4, -0.2) is 32.6 Å². The molecular formula is C25H22EuN2O4. The molecule has 0 spiro atoms. The number of aromatic nitrogens is 2. The summed E-state index contributed by atoms with van der Waals surface area (Å²) in [5.74, 6) is -1.18. The van der Waals surface area contributed by atoms with E-state index < -0.39 is 5.97 Å². The first-order valence-corrected chi connectivity index (χ1v) is 9.44. The van der Waals surface area contributed by atoms with E-state index in [1.165, 1.54) is 6.92 Å². The smallest absolute Gasteiger partial charge is 0.327 e. The molecule has 4 rings (SSSR count). The van der Waals surface area contributed by atoms with Crippen LogP contribution in [0.5, 0.6) is 0 Å². The van der Waals surface area contributed by atoms with Crippen molar-refractivity contribution in [3.8, 4) is 0 Å². The van der Waals surface area contributed by atoms with Gasteiger partial charge >= 0.3 is 5.97 Å². The summed E-state index contributed by atoms with van der Waals surface area (Å²) in [4.78, 5) is 39.8. The van der Waals surface area contributed by atoms with Gasteiger partial charge in [0.05, 0.1) is 17.5 Å². The molecule has 0 amide bonds. The fourth-order valence-corrected chi connectivity index (χ4v) is 2.65. The topological polar surface area (TPSA) is 97.2 Å². The van der Waals surface area contributed by atoms with Crippen LogP contribution in [0.3, 0.4) is 0 Å². The van der Waals surface area contributed by atoms with Crippen molar-refractivity contribution in [2.75, 3.05) is 0 Å². The number of nitrogens with zero attached hydrogens (tertiary/aromatic N) is 2. The second kappa shape index (κ2) is 14.5. The minimum absolute atomic E-state index is 0. The second-order valence-corrected chi connectivity index (χ2v) is 6.42. The number of carboxylic acid groups (broad SMARTS) is 1. The number of Topliss-reactive ketones (excluding diaryl/α,β-unsaturated/α-hetero) is 2. The largest absolute Gasteiger partial charge is 0.478 e. The van der Waals surface area contributed by atoms with Gasteiger partial charge in [0.15, 0.2) is 5.78 Å². The standard InChI is InChI=1S/C12H8N2.C10H10O2.C3H4O2.Eu/c1-3-9-5-6-11-10(4-2-7-13-11)12(9)14-8-1;1-8(11)7-10(12)9-5-3-2-4-6-9;1-2-3(4)5;/h1-8H;2-6H,7H2,1H3;2H,1H2,(H,4,5);. The Hall–Kier alpha value is -2.61. The zero-order valence-electron chi connectivity index (χ0n) is 17.4. The Bertz CT molecular complexity index is 1160. The van der Waals surface area contributed by atoms with Gasteiger partial charge in [0, 0.05) is 84.2 Å². The number of benzene rings is 2. The molecule has 32 heavy (non-hydrogen) atoms. The van der Waals surface area contributed by atoms with Crippen molar-refractivity contribution < 1.29 is 68.9 Å². The molecule has 0 unspecified atom stereocenters. The first-order valence-electron chi connectivity index (χ1n) is 9.44. The van der Waals surface area contributed by atoms with Crippen LogP contribution in [-0.2, 0) is 9.59 Å². The molecule has 163 valence electrons. The molecule has 0 aliphatic heterocycles. The van der Waals surface area contributed by atoms with Gasteiger partial charge in [-0.15, -0.1) is 0 Å². The van der Waals surface area contributed by atoms with Gasteiger partial charge in [-0.05, 0) is 31.2 Å². The van der Waals surface area contributed by atoms with Crippen molar-refractivity contribution in [3.63, 3.8) is 0 Å². The third kappa shape index (κ3) is 8.87. The van der Waals surface area contributed by atoms with Gasteiger partial charge in [-0.3, -0.25) is 19.6 Å². The summed E-state index contributed by atoms with van der Waals surface area (Å²) in [6, 6.07) is 20.9. The van der Waals surface area contributed by atoms with E-state index in [0.29, 0.717) is 5.56 Å². The molecule has 7 heteroatoms. The molecule has 0 aliphatic carbocycles. The Morgan fingerprint density at radius 3 is 2.16 bits per heavy atom. The number of carboxylic acids is 1. The number of aliphatic carboxylic acids is 1. The van der Waals surface area contributed by atoms with Gasteiger partial charge in [0.25, 0.3) is 0 Å². The van der Waals surface area contributed by atoms with Gasteiger partial charge in [-0.1, -0.05) is 49.0 Å². The van der Waals surface area contributed by atoms with Gasteiger partial charge in [-0.2, -0.15) is 0 Å². The summed E-state index contributed by atoms with van der Waals surface area (Å²) >= 11 is 0. The van der Waals surface area contributed by atoms with E-state index in [9.17, 15) is 14.4 Å². The number of rotatable bonds is 4. The predicted molar refractivity (Wildman–Crippen MR) is 121 cm³/mol. The van der Waals surface area contributed by atoms with Gasteiger partial charge in [0.2, 0.25) is 0 Å². The summed E-state index contributed by atoms with van der Waals surface area (Å²) in [6.07, 6.45) is 4.45. The van der Waals surface area contributed by atoms with Crippen LogP contribution in [0.25, 0.3) is 21.8 Å². The van der Waals surface area contributed by atoms with Crippen LogP contribution < -0.4 is 0 Å². The van der Waals surface area contributed by atoms with E-state index in [4.69, 9.17) is 5.11 Å². The molecule has 0 atom stereocenters. The van der Waals surface area contributed by atoms with Crippen LogP contribution in [0, 0.1) is 49.4 Å². The third-order valence-electron chi connectivity index (χ3n) is 4.03. The van der Waals surface area contributed by atoms with Crippen molar-refractivity contribution in [1.82, 2.24) is 9.97 Å². The molecule has 0 saturated heterocycles. The molecule has 6 nitrogen and oxygen atoms in total. The summed E-state index contributed by atoms with van der Waals surface area (Å²) in [5, 5.41) is 9.88. The van der Waals surface area contributed by atoms with Crippen molar-refractivity contribution in [2.45, 2.75) is 13.3 Å². The number of hydrogen-bond donors (Lipinski definition) is 1. The van der Waals surface area contributed by atoms with Crippen molar-refractivity contribution in [1.29, 1.82) is 0 Å². The van der Waals surface area contributed by atoms with Crippen molar-refractivity contribution in [3.05, 3.63) is 97.3 Å². The molecule has 4 aromatic rings. The summed E-state index contributed by atoms with van der Waals surface area (Å²) in [5.41, 5.74) is 2.63. The SMILES string of the molecule is C=CC(=O)O.CC(=O)CC(=O)c1ccccc1.[Eu].c1cnc2c(c1)ccc1ncccc12. The summed E-state index contributed by atoms with van der Waals surface area (Å²) in [6.45, 7) is 4.38. The molecule has 1 N–H and O–H groups in total. The van der Waals surface area contributed by atoms with Crippen LogP contribution in [0.15, 0.2) is 91.8 Å². The molecule has 0 aliphatic rings. The average molecular weight is 566 g/mol. The first kappa shape index (κ1) is 27.4. The molecular weight excluding hydrogens is 544 g/mol. The Balaban J connectivity index is 0.000000262. The normalized spacial score (nSPS) is 9.28. The molecule has 0 saturated carbocycles.